The van der Waals surface area contributed by atoms with Gasteiger partial charge in [0.15, 0.2) is 0 Å². The molecule has 0 nitrogen and oxygen atoms in total. The summed E-state index contributed by atoms with van der Waals surface area (Å²) in [5, 5.41) is 3.10. The number of benzene rings is 3. The van der Waals surface area contributed by atoms with E-state index in [-0.39, 0.29) is 16.2 Å². The van der Waals surface area contributed by atoms with Gasteiger partial charge in [0.25, 0.3) is 0 Å². The first-order chi connectivity index (χ1) is 23.5. The molecule has 1 heteroatoms. The Bertz CT molecular complexity index is 1950. The van der Waals surface area contributed by atoms with Gasteiger partial charge in [0.05, 0.1) is 0 Å². The van der Waals surface area contributed by atoms with Crippen LogP contribution in [0.5, 0.6) is 0 Å². The van der Waals surface area contributed by atoms with Gasteiger partial charge in [-0.15, -0.1) is 0 Å². The summed E-state index contributed by atoms with van der Waals surface area (Å²) in [4.78, 5) is 0. The Labute approximate surface area is 308 Å². The second-order valence-electron chi connectivity index (χ2n) is 16.5. The first-order valence-electron chi connectivity index (χ1n) is 19.0. The summed E-state index contributed by atoms with van der Waals surface area (Å²) < 4.78 is 3.27. The number of aryl methyl sites for hydroxylation is 1. The molecule has 0 aliphatic heterocycles. The van der Waals surface area contributed by atoms with Crippen molar-refractivity contribution < 1.29 is 22.8 Å². The molecular weight excluding hydrogens is 668 g/mol. The summed E-state index contributed by atoms with van der Waals surface area (Å²) in [5.74, 6) is 0. The fourth-order valence-corrected chi connectivity index (χ4v) is 12.8. The van der Waals surface area contributed by atoms with Crippen molar-refractivity contribution >= 4 is 12.1 Å². The molecule has 0 saturated carbocycles. The van der Waals surface area contributed by atoms with Gasteiger partial charge in [0, 0.05) is 0 Å². The van der Waals surface area contributed by atoms with Crippen LogP contribution >= 0.6 is 0 Å². The zero-order chi connectivity index (χ0) is 35.0. The minimum atomic E-state index is -1.39. The molecule has 0 fully saturated rings. The van der Waals surface area contributed by atoms with E-state index in [1.54, 1.807) is 44.8 Å². The molecule has 6 rings (SSSR count). The van der Waals surface area contributed by atoms with Gasteiger partial charge in [-0.3, -0.25) is 0 Å². The van der Waals surface area contributed by atoms with Crippen LogP contribution in [0.1, 0.15) is 123 Å². The van der Waals surface area contributed by atoms with Crippen LogP contribution < -0.4 is 10.4 Å². The molecule has 1 unspecified atom stereocenters. The number of fused-ring (bicyclic) bond motifs is 2. The number of allylic oxidation sites excluding steroid dienone is 8. The Morgan fingerprint density at radius 3 is 1.92 bits per heavy atom. The van der Waals surface area contributed by atoms with Crippen LogP contribution in [-0.2, 0) is 34.6 Å². The molecule has 3 aromatic carbocycles. The predicted molar refractivity (Wildman–Crippen MR) is 210 cm³/mol. The van der Waals surface area contributed by atoms with Crippen LogP contribution in [0, 0.1) is 10.8 Å². The molecule has 0 N–H and O–H groups in total. The quantitative estimate of drug-likeness (QED) is 0.195. The molecule has 49 heavy (non-hydrogen) atoms. The Hall–Kier alpha value is -2.89. The number of hydrogen-bond acceptors (Lipinski definition) is 0. The van der Waals surface area contributed by atoms with E-state index in [9.17, 15) is 0 Å². The zero-order valence-electron chi connectivity index (χ0n) is 31.7. The summed E-state index contributed by atoms with van der Waals surface area (Å²) in [6, 6.07) is 27.9. The normalized spacial score (nSPS) is 18.7. The third-order valence-electron chi connectivity index (χ3n) is 11.1. The average Bonchev–Trinajstić information content (AvgIpc) is 3.71. The first-order valence-corrected chi connectivity index (χ1v) is 21.4. The van der Waals surface area contributed by atoms with Crippen molar-refractivity contribution in [3.63, 3.8) is 0 Å². The SMILES string of the molecule is CCCC1=CC2=c3c(CCC)cc(C(C)(C)C)cc3=[C]([Zr]=[C](c3ccccc3)c3ccccc3)C2=C(C2=CC=CC2)C1(CCC)C(C)(C)C. The summed E-state index contributed by atoms with van der Waals surface area (Å²) >= 11 is -1.39. The molecule has 0 amide bonds. The predicted octanol–water partition coefficient (Wildman–Crippen LogP) is 11.3. The van der Waals surface area contributed by atoms with Crippen molar-refractivity contribution in [1.82, 2.24) is 0 Å². The Kier molecular flexibility index (Phi) is 10.5. The molecule has 0 bridgehead atoms. The fraction of sp³-hybridized carbons (Fsp3) is 0.396. The van der Waals surface area contributed by atoms with E-state index in [0.717, 1.165) is 25.7 Å². The van der Waals surface area contributed by atoms with Crippen LogP contribution in [0.15, 0.2) is 119 Å². The molecule has 3 aromatic rings. The number of rotatable bonds is 10. The summed E-state index contributed by atoms with van der Waals surface area (Å²) in [7, 11) is 0. The van der Waals surface area contributed by atoms with Crippen molar-refractivity contribution in [2.24, 2.45) is 10.8 Å². The molecule has 0 saturated heterocycles. The second kappa shape index (κ2) is 14.4. The average molecular weight is 725 g/mol. The maximum atomic E-state index is 2.75. The van der Waals surface area contributed by atoms with Crippen molar-refractivity contribution in [1.29, 1.82) is 0 Å². The molecule has 0 spiro atoms. The van der Waals surface area contributed by atoms with Gasteiger partial charge >= 0.3 is 310 Å². The summed E-state index contributed by atoms with van der Waals surface area (Å²) in [6.45, 7) is 22.0. The van der Waals surface area contributed by atoms with E-state index in [4.69, 9.17) is 0 Å². The standard InChI is InChI=1S/C35H47.C13H10.Zr/c1-10-15-25-20-28(33(4,5)6)21-26-22-30-29(31(25)26)23-27(16-11-2)35(19-12-3,34(7,8)9)32(30)24-17-13-14-18-24;1-3-7-12(8-4-1)11-13-9-5-2-6-10-13;/h13-14,17,20-21,23H,10-12,15-16,18-19H2,1-9H3;1-10H;. The Morgan fingerprint density at radius 2 is 1.41 bits per heavy atom. The molecule has 0 heterocycles. The van der Waals surface area contributed by atoms with E-state index in [1.807, 2.05) is 0 Å². The Morgan fingerprint density at radius 1 is 0.776 bits per heavy atom. The minimum absolute atomic E-state index is 0.0153. The summed E-state index contributed by atoms with van der Waals surface area (Å²) in [6.07, 6.45) is 17.9. The zero-order valence-corrected chi connectivity index (χ0v) is 34.1. The molecular formula is C48H57Zr. The fourth-order valence-electron chi connectivity index (χ4n) is 8.88. The van der Waals surface area contributed by atoms with E-state index >= 15 is 0 Å². The maximum absolute atomic E-state index is 2.75. The third-order valence-corrected chi connectivity index (χ3v) is 15.0. The molecule has 253 valence electrons. The van der Waals surface area contributed by atoms with Gasteiger partial charge in [-0.1, -0.05) is 0 Å². The summed E-state index contributed by atoms with van der Waals surface area (Å²) in [5.41, 5.74) is 14.0. The van der Waals surface area contributed by atoms with E-state index in [0.29, 0.717) is 0 Å². The molecule has 3 aliphatic carbocycles. The van der Waals surface area contributed by atoms with Crippen molar-refractivity contribution in [3.8, 4) is 0 Å². The van der Waals surface area contributed by atoms with E-state index < -0.39 is 22.8 Å². The monoisotopic (exact) mass is 723 g/mol. The van der Waals surface area contributed by atoms with Crippen LogP contribution in [0.4, 0.5) is 0 Å². The molecule has 3 aliphatic rings. The Balaban J connectivity index is 1.89. The first kappa shape index (κ1) is 35.9. The molecule has 0 radical (unpaired) electrons. The van der Waals surface area contributed by atoms with E-state index in [2.05, 4.69) is 159 Å². The van der Waals surface area contributed by atoms with Crippen molar-refractivity contribution in [3.05, 3.63) is 152 Å². The topological polar surface area (TPSA) is 0 Å². The van der Waals surface area contributed by atoms with Gasteiger partial charge < -0.3 is 0 Å². The van der Waals surface area contributed by atoms with Crippen LogP contribution in [-0.4, -0.2) is 3.21 Å². The van der Waals surface area contributed by atoms with Gasteiger partial charge in [-0.05, 0) is 0 Å². The van der Waals surface area contributed by atoms with Gasteiger partial charge in [0.1, 0.15) is 0 Å². The molecule has 0 aromatic heterocycles. The number of hydrogen-bond donors (Lipinski definition) is 0. The molecule has 1 atom stereocenters. The van der Waals surface area contributed by atoms with Crippen molar-refractivity contribution in [2.45, 2.75) is 113 Å². The second-order valence-corrected chi connectivity index (χ2v) is 19.6. The van der Waals surface area contributed by atoms with Crippen LogP contribution in [0.25, 0.3) is 8.85 Å². The van der Waals surface area contributed by atoms with Gasteiger partial charge in [-0.2, -0.15) is 0 Å². The van der Waals surface area contributed by atoms with E-state index in [1.165, 1.54) is 41.5 Å². The third kappa shape index (κ3) is 6.55. The van der Waals surface area contributed by atoms with Gasteiger partial charge in [-0.25, -0.2) is 0 Å². The van der Waals surface area contributed by atoms with Crippen molar-refractivity contribution in [2.75, 3.05) is 0 Å². The van der Waals surface area contributed by atoms with Crippen LogP contribution in [0.2, 0.25) is 0 Å². The van der Waals surface area contributed by atoms with Gasteiger partial charge in [0.2, 0.25) is 0 Å². The van der Waals surface area contributed by atoms with Crippen LogP contribution in [0.3, 0.4) is 0 Å².